The Labute approximate surface area is 179 Å². The van der Waals surface area contributed by atoms with Crippen LogP contribution in [-0.4, -0.2) is 60.0 Å². The van der Waals surface area contributed by atoms with E-state index in [-0.39, 0.29) is 0 Å². The summed E-state index contributed by atoms with van der Waals surface area (Å²) >= 11 is 0. The lowest BCUT2D eigenvalue weighted by molar-refractivity contribution is -0.160. The number of piperazine rings is 1. The molecule has 2 aromatic carbocycles. The summed E-state index contributed by atoms with van der Waals surface area (Å²) in [7, 11) is 2.13. The highest BCUT2D eigenvalue weighted by Gasteiger charge is 2.56. The maximum Gasteiger partial charge on any atom is 0.127 e. The van der Waals surface area contributed by atoms with Gasteiger partial charge >= 0.3 is 0 Å². The molecule has 1 saturated carbocycles. The highest BCUT2D eigenvalue weighted by molar-refractivity contribution is 5.54. The highest BCUT2D eigenvalue weighted by atomic mass is 16.5. The van der Waals surface area contributed by atoms with E-state index in [2.05, 4.69) is 16.8 Å². The molecular formula is C25H32N2O3. The van der Waals surface area contributed by atoms with Gasteiger partial charge in [-0.2, -0.15) is 0 Å². The average molecular weight is 409 g/mol. The Morgan fingerprint density at radius 2 is 1.57 bits per heavy atom. The fourth-order valence-electron chi connectivity index (χ4n) is 5.27. The molecule has 0 radical (unpaired) electrons. The molecule has 2 unspecified atom stereocenters. The van der Waals surface area contributed by atoms with Crippen molar-refractivity contribution in [3.05, 3.63) is 60.2 Å². The van der Waals surface area contributed by atoms with E-state index in [1.807, 2.05) is 54.6 Å². The van der Waals surface area contributed by atoms with E-state index in [4.69, 9.17) is 4.74 Å². The van der Waals surface area contributed by atoms with Crippen LogP contribution in [0.5, 0.6) is 11.5 Å². The predicted molar refractivity (Wildman–Crippen MR) is 118 cm³/mol. The second kappa shape index (κ2) is 8.88. The molecule has 2 aromatic rings. The molecule has 1 N–H and O–H groups in total. The zero-order valence-corrected chi connectivity index (χ0v) is 17.8. The Morgan fingerprint density at radius 1 is 0.933 bits per heavy atom. The van der Waals surface area contributed by atoms with Crippen molar-refractivity contribution in [3.8, 4) is 11.5 Å². The Bertz CT molecular complexity index is 833. The first kappa shape index (κ1) is 21.0. The topological polar surface area (TPSA) is 53.0 Å². The lowest BCUT2D eigenvalue weighted by Crippen LogP contribution is -2.67. The van der Waals surface area contributed by atoms with Crippen LogP contribution in [0.15, 0.2) is 54.6 Å². The third-order valence-corrected chi connectivity index (χ3v) is 6.99. The van der Waals surface area contributed by atoms with Gasteiger partial charge in [0.25, 0.3) is 0 Å². The Balaban J connectivity index is 1.64. The highest BCUT2D eigenvalue weighted by Crippen LogP contribution is 2.50. The van der Waals surface area contributed by atoms with Crippen LogP contribution >= 0.6 is 0 Å². The number of rotatable bonds is 6. The van der Waals surface area contributed by atoms with Gasteiger partial charge in [0.05, 0.1) is 5.54 Å². The molecule has 2 atom stereocenters. The van der Waals surface area contributed by atoms with Crippen LogP contribution in [0.3, 0.4) is 0 Å². The first-order valence-electron chi connectivity index (χ1n) is 11.0. The standard InChI is InChI=1S/C25H32N2O3/c1-26-16-18-27(19-17-26)24(15-20-28)13-5-6-14-25(24,29)21-9-11-23(12-10-21)30-22-7-3-2-4-8-22/h2-4,7-12,20,29H,5-6,13-19H2,1H3. The van der Waals surface area contributed by atoms with Crippen LogP contribution in [0.4, 0.5) is 0 Å². The first-order valence-corrected chi connectivity index (χ1v) is 11.0. The van der Waals surface area contributed by atoms with Gasteiger partial charge in [-0.05, 0) is 49.7 Å². The molecule has 1 saturated heterocycles. The summed E-state index contributed by atoms with van der Waals surface area (Å²) in [6.07, 6.45) is 4.88. The van der Waals surface area contributed by atoms with Crippen molar-refractivity contribution in [2.75, 3.05) is 33.2 Å². The van der Waals surface area contributed by atoms with E-state index in [1.54, 1.807) is 0 Å². The van der Waals surface area contributed by atoms with Crippen molar-refractivity contribution in [2.24, 2.45) is 0 Å². The van der Waals surface area contributed by atoms with Gasteiger partial charge in [0.1, 0.15) is 23.4 Å². The number of carbonyl (C=O) groups is 1. The number of hydrogen-bond acceptors (Lipinski definition) is 5. The number of nitrogens with zero attached hydrogens (tertiary/aromatic N) is 2. The summed E-state index contributed by atoms with van der Waals surface area (Å²) < 4.78 is 5.93. The number of aliphatic hydroxyl groups is 1. The molecule has 2 fully saturated rings. The molecule has 30 heavy (non-hydrogen) atoms. The van der Waals surface area contributed by atoms with E-state index < -0.39 is 11.1 Å². The minimum Gasteiger partial charge on any atom is -0.457 e. The van der Waals surface area contributed by atoms with Crippen LogP contribution in [0.25, 0.3) is 0 Å². The van der Waals surface area contributed by atoms with Gasteiger partial charge in [-0.25, -0.2) is 0 Å². The van der Waals surface area contributed by atoms with Gasteiger partial charge in [-0.1, -0.05) is 43.2 Å². The Hall–Kier alpha value is -2.21. The molecule has 0 bridgehead atoms. The van der Waals surface area contributed by atoms with Gasteiger partial charge in [0, 0.05) is 32.6 Å². The quantitative estimate of drug-likeness (QED) is 0.737. The largest absolute Gasteiger partial charge is 0.457 e. The number of aldehydes is 1. The average Bonchev–Trinajstić information content (AvgIpc) is 2.77. The lowest BCUT2D eigenvalue weighted by Gasteiger charge is -2.57. The molecule has 1 heterocycles. The molecule has 5 nitrogen and oxygen atoms in total. The smallest absolute Gasteiger partial charge is 0.127 e. The Morgan fingerprint density at radius 3 is 2.23 bits per heavy atom. The van der Waals surface area contributed by atoms with Crippen molar-refractivity contribution < 1.29 is 14.6 Å². The van der Waals surface area contributed by atoms with Gasteiger partial charge in [0.15, 0.2) is 0 Å². The summed E-state index contributed by atoms with van der Waals surface area (Å²) in [5, 5.41) is 12.1. The lowest BCUT2D eigenvalue weighted by atomic mass is 9.63. The van der Waals surface area contributed by atoms with Crippen molar-refractivity contribution >= 4 is 6.29 Å². The van der Waals surface area contributed by atoms with Gasteiger partial charge in [0.2, 0.25) is 0 Å². The molecule has 1 aliphatic carbocycles. The molecule has 0 amide bonds. The maximum absolute atomic E-state index is 12.1. The fourth-order valence-corrected chi connectivity index (χ4v) is 5.27. The fraction of sp³-hybridized carbons (Fsp3) is 0.480. The molecule has 160 valence electrons. The summed E-state index contributed by atoms with van der Waals surface area (Å²) in [5.41, 5.74) is -0.716. The molecule has 2 aliphatic rings. The van der Waals surface area contributed by atoms with Crippen molar-refractivity contribution in [1.29, 1.82) is 0 Å². The molecule has 5 heteroatoms. The molecule has 4 rings (SSSR count). The second-order valence-corrected chi connectivity index (χ2v) is 8.70. The van der Waals surface area contributed by atoms with E-state index in [9.17, 15) is 9.90 Å². The number of likely N-dealkylation sites (N-methyl/N-ethyl adjacent to an activating group) is 1. The van der Waals surface area contributed by atoms with Gasteiger partial charge < -0.3 is 19.5 Å². The van der Waals surface area contributed by atoms with E-state index in [0.29, 0.717) is 12.8 Å². The van der Waals surface area contributed by atoms with Gasteiger partial charge in [-0.3, -0.25) is 4.90 Å². The summed E-state index contributed by atoms with van der Waals surface area (Å²) in [5.74, 6) is 1.53. The maximum atomic E-state index is 12.1. The first-order chi connectivity index (χ1) is 14.6. The number of hydrogen-bond donors (Lipinski definition) is 1. The molecular weight excluding hydrogens is 376 g/mol. The molecule has 1 aliphatic heterocycles. The van der Waals surface area contributed by atoms with Crippen molar-refractivity contribution in [2.45, 2.75) is 43.2 Å². The summed E-state index contributed by atoms with van der Waals surface area (Å²) in [6, 6.07) is 17.5. The SMILES string of the molecule is CN1CCN(C2(CC=O)CCCCC2(O)c2ccc(Oc3ccccc3)cc2)CC1. The van der Waals surface area contributed by atoms with Crippen molar-refractivity contribution in [3.63, 3.8) is 0 Å². The van der Waals surface area contributed by atoms with Crippen LogP contribution in [0, 0.1) is 0 Å². The van der Waals surface area contributed by atoms with Crippen LogP contribution in [0.2, 0.25) is 0 Å². The van der Waals surface area contributed by atoms with E-state index in [0.717, 1.165) is 68.8 Å². The van der Waals surface area contributed by atoms with E-state index >= 15 is 0 Å². The van der Waals surface area contributed by atoms with Crippen molar-refractivity contribution in [1.82, 2.24) is 9.80 Å². The van der Waals surface area contributed by atoms with E-state index in [1.165, 1.54) is 0 Å². The van der Waals surface area contributed by atoms with Crippen LogP contribution in [-0.2, 0) is 10.4 Å². The number of carbonyl (C=O) groups excluding carboxylic acids is 1. The third kappa shape index (κ3) is 3.89. The number of para-hydroxylation sites is 1. The zero-order valence-electron chi connectivity index (χ0n) is 17.8. The number of ether oxygens (including phenoxy) is 1. The van der Waals surface area contributed by atoms with Crippen LogP contribution in [0.1, 0.15) is 37.7 Å². The minimum atomic E-state index is -1.05. The van der Waals surface area contributed by atoms with Gasteiger partial charge in [-0.15, -0.1) is 0 Å². The zero-order chi connectivity index (χ0) is 21.0. The third-order valence-electron chi connectivity index (χ3n) is 6.99. The summed E-state index contributed by atoms with van der Waals surface area (Å²) in [4.78, 5) is 16.5. The Kier molecular flexibility index (Phi) is 6.23. The second-order valence-electron chi connectivity index (χ2n) is 8.70. The summed E-state index contributed by atoms with van der Waals surface area (Å²) in [6.45, 7) is 3.67. The monoisotopic (exact) mass is 408 g/mol. The van der Waals surface area contributed by atoms with Crippen LogP contribution < -0.4 is 4.74 Å². The normalized spacial score (nSPS) is 28.2. The molecule has 0 spiro atoms. The number of benzene rings is 2. The predicted octanol–water partition coefficient (Wildman–Crippen LogP) is 3.82. The minimum absolute atomic E-state index is 0.357. The molecule has 0 aromatic heterocycles.